The molecule has 1 aliphatic carbocycles. The molecule has 0 amide bonds. The van der Waals surface area contributed by atoms with Crippen molar-refractivity contribution in [1.29, 1.82) is 0 Å². The Hall–Kier alpha value is -1.76. The van der Waals surface area contributed by atoms with Crippen LogP contribution in [0.5, 0.6) is 0 Å². The lowest BCUT2D eigenvalue weighted by atomic mass is 9.98. The van der Waals surface area contributed by atoms with E-state index < -0.39 is 0 Å². The van der Waals surface area contributed by atoms with Gasteiger partial charge in [-0.3, -0.25) is 0 Å². The number of hydrogen-bond donors (Lipinski definition) is 1. The molecule has 1 heterocycles. The van der Waals surface area contributed by atoms with Crippen LogP contribution in [0.2, 0.25) is 0 Å². The van der Waals surface area contributed by atoms with Crippen molar-refractivity contribution >= 4 is 11.8 Å². The maximum absolute atomic E-state index is 3.29. The van der Waals surface area contributed by atoms with Crippen LogP contribution in [0.25, 0.3) is 11.8 Å². The fourth-order valence-electron chi connectivity index (χ4n) is 1.87. The molecule has 1 radical (unpaired) electrons. The molecule has 1 heteroatoms. The Bertz CT molecular complexity index is 547. The van der Waals surface area contributed by atoms with Gasteiger partial charge in [0.2, 0.25) is 0 Å². The van der Waals surface area contributed by atoms with Gasteiger partial charge in [0, 0.05) is 18.3 Å². The van der Waals surface area contributed by atoms with E-state index in [2.05, 4.69) is 54.4 Å². The van der Waals surface area contributed by atoms with Gasteiger partial charge < -0.3 is 5.32 Å². The minimum absolute atomic E-state index is 1.19. The summed E-state index contributed by atoms with van der Waals surface area (Å²) < 4.78 is 0. The summed E-state index contributed by atoms with van der Waals surface area (Å²) in [7, 11) is 0. The van der Waals surface area contributed by atoms with E-state index in [4.69, 9.17) is 0 Å². The SMILES string of the molecule is [CH]1C=CC=C2NC=c3ccccc3=C12. The summed E-state index contributed by atoms with van der Waals surface area (Å²) in [6.07, 6.45) is 10.4. The number of rotatable bonds is 0. The summed E-state index contributed by atoms with van der Waals surface area (Å²) >= 11 is 0. The molecule has 67 valence electrons. The Morgan fingerprint density at radius 2 is 1.93 bits per heavy atom. The lowest BCUT2D eigenvalue weighted by Gasteiger charge is -2.17. The van der Waals surface area contributed by atoms with Crippen LogP contribution in [0.15, 0.2) is 48.2 Å². The van der Waals surface area contributed by atoms with Crippen molar-refractivity contribution in [3.8, 4) is 0 Å². The molecular formula is C13H10N. The maximum atomic E-state index is 3.29. The summed E-state index contributed by atoms with van der Waals surface area (Å²) in [4.78, 5) is 0. The second kappa shape index (κ2) is 2.88. The van der Waals surface area contributed by atoms with E-state index in [0.29, 0.717) is 0 Å². The number of allylic oxidation sites excluding steroid dienone is 4. The monoisotopic (exact) mass is 180 g/mol. The summed E-state index contributed by atoms with van der Waals surface area (Å²) in [6.45, 7) is 0. The van der Waals surface area contributed by atoms with E-state index in [1.807, 2.05) is 6.08 Å². The average molecular weight is 180 g/mol. The third-order valence-electron chi connectivity index (χ3n) is 2.56. The predicted octanol–water partition coefficient (Wildman–Crippen LogP) is 0.836. The molecule has 0 unspecified atom stereocenters. The fourth-order valence-corrected chi connectivity index (χ4v) is 1.87. The van der Waals surface area contributed by atoms with Crippen LogP contribution in [0, 0.1) is 6.42 Å². The van der Waals surface area contributed by atoms with Gasteiger partial charge in [-0.15, -0.1) is 0 Å². The molecule has 3 rings (SSSR count). The first-order chi connectivity index (χ1) is 6.95. The molecule has 0 bridgehead atoms. The molecule has 0 saturated heterocycles. The van der Waals surface area contributed by atoms with Crippen molar-refractivity contribution in [3.63, 3.8) is 0 Å². The summed E-state index contributed by atoms with van der Waals surface area (Å²) in [5, 5.41) is 5.86. The number of nitrogens with one attached hydrogen (secondary N) is 1. The Morgan fingerprint density at radius 3 is 2.93 bits per heavy atom. The highest BCUT2D eigenvalue weighted by molar-refractivity contribution is 5.77. The Labute approximate surface area is 82.8 Å². The van der Waals surface area contributed by atoms with E-state index in [-0.39, 0.29) is 0 Å². The normalized spacial score (nSPS) is 17.4. The molecule has 14 heavy (non-hydrogen) atoms. The molecule has 1 aliphatic heterocycles. The molecule has 1 aromatic rings. The molecule has 0 atom stereocenters. The van der Waals surface area contributed by atoms with Crippen LogP contribution in [0.3, 0.4) is 0 Å². The minimum atomic E-state index is 1.19. The lowest BCUT2D eigenvalue weighted by molar-refractivity contribution is 1.14. The number of fused-ring (bicyclic) bond motifs is 2. The van der Waals surface area contributed by atoms with Gasteiger partial charge in [0.05, 0.1) is 0 Å². The molecule has 1 N–H and O–H groups in total. The molecule has 0 spiro atoms. The highest BCUT2D eigenvalue weighted by Gasteiger charge is 2.10. The zero-order valence-corrected chi connectivity index (χ0v) is 7.70. The van der Waals surface area contributed by atoms with Crippen molar-refractivity contribution in [2.45, 2.75) is 0 Å². The van der Waals surface area contributed by atoms with E-state index in [1.165, 1.54) is 21.7 Å². The van der Waals surface area contributed by atoms with Crippen molar-refractivity contribution in [2.75, 3.05) is 0 Å². The van der Waals surface area contributed by atoms with E-state index in [0.717, 1.165) is 0 Å². The van der Waals surface area contributed by atoms with E-state index in [1.54, 1.807) is 0 Å². The van der Waals surface area contributed by atoms with Gasteiger partial charge in [0.15, 0.2) is 0 Å². The van der Waals surface area contributed by atoms with Gasteiger partial charge in [0.1, 0.15) is 0 Å². The van der Waals surface area contributed by atoms with Crippen LogP contribution in [0.4, 0.5) is 0 Å². The van der Waals surface area contributed by atoms with Crippen molar-refractivity contribution in [3.05, 3.63) is 65.0 Å². The molecule has 2 aliphatic rings. The zero-order chi connectivity index (χ0) is 9.38. The van der Waals surface area contributed by atoms with Crippen molar-refractivity contribution in [1.82, 2.24) is 5.32 Å². The van der Waals surface area contributed by atoms with Crippen molar-refractivity contribution < 1.29 is 0 Å². The summed E-state index contributed by atoms with van der Waals surface area (Å²) in [5.74, 6) is 0. The molecule has 0 saturated carbocycles. The molecule has 1 aromatic carbocycles. The summed E-state index contributed by atoms with van der Waals surface area (Å²) in [6, 6.07) is 8.42. The molecule has 0 fully saturated rings. The molecule has 1 nitrogen and oxygen atoms in total. The maximum Gasteiger partial charge on any atom is 0.0425 e. The molecule has 0 aromatic heterocycles. The number of hydrogen-bond acceptors (Lipinski definition) is 1. The van der Waals surface area contributed by atoms with Gasteiger partial charge in [-0.2, -0.15) is 0 Å². The highest BCUT2D eigenvalue weighted by atomic mass is 14.9. The average Bonchev–Trinajstić information content (AvgIpc) is 2.29. The van der Waals surface area contributed by atoms with Gasteiger partial charge in [-0.05, 0) is 22.1 Å². The lowest BCUT2D eigenvalue weighted by Crippen LogP contribution is -2.35. The van der Waals surface area contributed by atoms with E-state index >= 15 is 0 Å². The number of benzene rings is 1. The van der Waals surface area contributed by atoms with Crippen LogP contribution < -0.4 is 15.8 Å². The second-order valence-corrected chi connectivity index (χ2v) is 3.42. The third-order valence-corrected chi connectivity index (χ3v) is 2.56. The van der Waals surface area contributed by atoms with Gasteiger partial charge in [-0.25, -0.2) is 0 Å². The topological polar surface area (TPSA) is 12.0 Å². The first kappa shape index (κ1) is 7.63. The second-order valence-electron chi connectivity index (χ2n) is 3.42. The van der Waals surface area contributed by atoms with Crippen molar-refractivity contribution in [2.24, 2.45) is 0 Å². The summed E-state index contributed by atoms with van der Waals surface area (Å²) in [5.41, 5.74) is 2.47. The van der Waals surface area contributed by atoms with Gasteiger partial charge >= 0.3 is 0 Å². The Kier molecular flexibility index (Phi) is 1.57. The fraction of sp³-hybridized carbons (Fsp3) is 0. The Morgan fingerprint density at radius 1 is 1.00 bits per heavy atom. The molecular weight excluding hydrogens is 170 g/mol. The standard InChI is InChI=1S/C13H10N/c1-2-6-11-10(5-1)9-14-13-8-4-3-7-12(11)13/h1-9,14H. The zero-order valence-electron chi connectivity index (χ0n) is 7.70. The third kappa shape index (κ3) is 1.02. The quantitative estimate of drug-likeness (QED) is 0.623. The highest BCUT2D eigenvalue weighted by Crippen LogP contribution is 2.16. The van der Waals surface area contributed by atoms with Crippen LogP contribution >= 0.6 is 0 Å². The Balaban J connectivity index is 2.41. The minimum Gasteiger partial charge on any atom is -0.361 e. The van der Waals surface area contributed by atoms with Crippen LogP contribution in [-0.2, 0) is 0 Å². The smallest absolute Gasteiger partial charge is 0.0425 e. The first-order valence-corrected chi connectivity index (χ1v) is 4.73. The van der Waals surface area contributed by atoms with E-state index in [9.17, 15) is 0 Å². The van der Waals surface area contributed by atoms with Gasteiger partial charge in [0.25, 0.3) is 0 Å². The predicted molar refractivity (Wildman–Crippen MR) is 58.2 cm³/mol. The first-order valence-electron chi connectivity index (χ1n) is 4.73. The van der Waals surface area contributed by atoms with Crippen LogP contribution in [-0.4, -0.2) is 0 Å². The largest absolute Gasteiger partial charge is 0.361 e. The van der Waals surface area contributed by atoms with Crippen LogP contribution in [0.1, 0.15) is 0 Å². The van der Waals surface area contributed by atoms with Gasteiger partial charge in [-0.1, -0.05) is 36.4 Å².